The number of carbonyl (C=O) groups excluding carboxylic acids is 1. The Hall–Kier alpha value is -5.18. The predicted octanol–water partition coefficient (Wildman–Crippen LogP) is 8.55. The molecule has 2 aromatic heterocycles. The van der Waals surface area contributed by atoms with Gasteiger partial charge in [0.15, 0.2) is 5.82 Å². The molecule has 6 aromatic rings. The number of thioether (sulfide) groups is 1. The number of nitrogens with two attached hydrogens (primary N) is 1. The third-order valence-electron chi connectivity index (χ3n) is 7.40. The summed E-state index contributed by atoms with van der Waals surface area (Å²) in [6.45, 7) is 0.305. The molecular formula is C35H30Cl2F3N7O3S. The number of nitrogens with zero attached hydrogens (tertiary/aromatic N) is 2. The van der Waals surface area contributed by atoms with Crippen LogP contribution in [0.4, 0.5) is 23.8 Å². The highest BCUT2D eigenvalue weighted by atomic mass is 35.5. The summed E-state index contributed by atoms with van der Waals surface area (Å²) in [4.78, 5) is 31.3. The molecule has 0 saturated heterocycles. The quantitative estimate of drug-likeness (QED) is 0.0764. The van der Waals surface area contributed by atoms with Crippen LogP contribution in [0, 0.1) is 0 Å². The number of benzene rings is 4. The Balaban J connectivity index is 0.000000654. The Bertz CT molecular complexity index is 2110. The van der Waals surface area contributed by atoms with E-state index in [-0.39, 0.29) is 6.03 Å². The number of nitrogens with one attached hydrogen (secondary N) is 4. The molecule has 1 atom stereocenters. The van der Waals surface area contributed by atoms with Crippen LogP contribution in [0.25, 0.3) is 22.2 Å². The number of anilines is 1. The number of carboxylic acid groups (broad SMARTS) is 1. The minimum atomic E-state index is -5.08. The Morgan fingerprint density at radius 3 is 2.27 bits per heavy atom. The number of carboxylic acids is 1. The second-order valence-electron chi connectivity index (χ2n) is 11.1. The van der Waals surface area contributed by atoms with Gasteiger partial charge in [0.25, 0.3) is 0 Å². The predicted molar refractivity (Wildman–Crippen MR) is 193 cm³/mol. The summed E-state index contributed by atoms with van der Waals surface area (Å²) in [7, 11) is 0. The van der Waals surface area contributed by atoms with Crippen molar-refractivity contribution in [1.29, 1.82) is 0 Å². The number of urea groups is 1. The van der Waals surface area contributed by atoms with Gasteiger partial charge in [-0.3, -0.25) is 5.10 Å². The third-order valence-corrected chi connectivity index (χ3v) is 9.10. The van der Waals surface area contributed by atoms with Gasteiger partial charge in [0.1, 0.15) is 16.7 Å². The highest BCUT2D eigenvalue weighted by molar-refractivity contribution is 7.98. The summed E-state index contributed by atoms with van der Waals surface area (Å²) < 4.78 is 31.7. The Morgan fingerprint density at radius 1 is 0.941 bits per heavy atom. The lowest BCUT2D eigenvalue weighted by atomic mass is 10.1. The van der Waals surface area contributed by atoms with Gasteiger partial charge in [-0.05, 0) is 53.4 Å². The summed E-state index contributed by atoms with van der Waals surface area (Å²) in [6.07, 6.45) is -4.58. The number of hydrogen-bond acceptors (Lipinski definition) is 6. The number of rotatable bonds is 10. The van der Waals surface area contributed by atoms with Crippen molar-refractivity contribution < 1.29 is 27.9 Å². The van der Waals surface area contributed by atoms with Crippen LogP contribution in [0.2, 0.25) is 10.2 Å². The highest BCUT2D eigenvalue weighted by Gasteiger charge is 2.38. The number of nitrogen functional groups attached to an aromatic ring is 1. The van der Waals surface area contributed by atoms with Crippen molar-refractivity contribution in [1.82, 2.24) is 30.8 Å². The number of amides is 2. The number of halogens is 5. The third kappa shape index (κ3) is 10.2. The molecule has 7 N–H and O–H groups in total. The molecule has 0 aliphatic carbocycles. The first-order chi connectivity index (χ1) is 24.4. The molecule has 0 spiro atoms. The molecule has 2 amide bonds. The molecule has 4 aromatic carbocycles. The van der Waals surface area contributed by atoms with Gasteiger partial charge in [-0.25, -0.2) is 14.6 Å². The van der Waals surface area contributed by atoms with Gasteiger partial charge in [-0.15, -0.1) is 11.8 Å². The van der Waals surface area contributed by atoms with E-state index in [4.69, 9.17) is 43.8 Å². The molecular weight excluding hydrogens is 726 g/mol. The molecule has 264 valence electrons. The number of aromatic amines is 2. The van der Waals surface area contributed by atoms with Crippen LogP contribution in [0.15, 0.2) is 102 Å². The Labute approximate surface area is 304 Å². The topological polar surface area (TPSA) is 162 Å². The van der Waals surface area contributed by atoms with Gasteiger partial charge in [-0.1, -0.05) is 89.9 Å². The van der Waals surface area contributed by atoms with E-state index in [0.29, 0.717) is 40.5 Å². The molecule has 10 nitrogen and oxygen atoms in total. The Morgan fingerprint density at radius 2 is 1.61 bits per heavy atom. The van der Waals surface area contributed by atoms with Crippen molar-refractivity contribution in [2.24, 2.45) is 0 Å². The van der Waals surface area contributed by atoms with Crippen molar-refractivity contribution in [3.8, 4) is 11.3 Å². The zero-order valence-corrected chi connectivity index (χ0v) is 28.8. The van der Waals surface area contributed by atoms with E-state index in [1.807, 2.05) is 84.9 Å². The van der Waals surface area contributed by atoms with Crippen molar-refractivity contribution >= 4 is 63.7 Å². The van der Waals surface area contributed by atoms with E-state index in [9.17, 15) is 18.0 Å². The number of fused-ring (bicyclic) bond motifs is 1. The largest absolute Gasteiger partial charge is 0.490 e. The van der Waals surface area contributed by atoms with E-state index in [0.717, 1.165) is 38.2 Å². The molecule has 51 heavy (non-hydrogen) atoms. The maximum absolute atomic E-state index is 13.3. The SMILES string of the molecule is Nc1n[nH]c2cc(-c3nc([C@H](Cc4ccccc4)NC(=O)NCc4cc(Cl)ccc4SCc4ccccc4)[nH]c3Cl)ccc12.O=C(O)C(F)(F)F. The zero-order valence-electron chi connectivity index (χ0n) is 26.5. The van der Waals surface area contributed by atoms with E-state index in [2.05, 4.69) is 37.9 Å². The van der Waals surface area contributed by atoms with Crippen LogP contribution in [0.3, 0.4) is 0 Å². The fourth-order valence-electron chi connectivity index (χ4n) is 4.93. The summed E-state index contributed by atoms with van der Waals surface area (Å²) in [5.41, 5.74) is 11.3. The van der Waals surface area contributed by atoms with E-state index in [1.165, 1.54) is 5.56 Å². The lowest BCUT2D eigenvalue weighted by molar-refractivity contribution is -0.192. The summed E-state index contributed by atoms with van der Waals surface area (Å²) in [5, 5.41) is 22.0. The normalized spacial score (nSPS) is 11.8. The monoisotopic (exact) mass is 755 g/mol. The van der Waals surface area contributed by atoms with E-state index in [1.54, 1.807) is 11.8 Å². The number of hydrogen-bond donors (Lipinski definition) is 6. The Kier molecular flexibility index (Phi) is 12.1. The van der Waals surface area contributed by atoms with Crippen LogP contribution in [0.1, 0.15) is 28.6 Å². The van der Waals surface area contributed by atoms with Crippen LogP contribution >= 0.6 is 35.0 Å². The first-order valence-corrected chi connectivity index (χ1v) is 16.9. The van der Waals surface area contributed by atoms with Gasteiger partial charge >= 0.3 is 18.2 Å². The summed E-state index contributed by atoms with van der Waals surface area (Å²) in [5.74, 6) is -0.982. The molecule has 6 rings (SSSR count). The van der Waals surface area contributed by atoms with Gasteiger partial charge < -0.3 is 26.5 Å². The first kappa shape index (κ1) is 37.1. The van der Waals surface area contributed by atoms with Crippen LogP contribution in [-0.2, 0) is 23.5 Å². The smallest absolute Gasteiger partial charge is 0.475 e. The number of carbonyl (C=O) groups is 2. The molecule has 0 saturated carbocycles. The van der Waals surface area contributed by atoms with Crippen molar-refractivity contribution in [2.75, 3.05) is 5.73 Å². The second kappa shape index (κ2) is 16.7. The maximum atomic E-state index is 13.3. The van der Waals surface area contributed by atoms with E-state index >= 15 is 0 Å². The molecule has 0 aliphatic rings. The van der Waals surface area contributed by atoms with Crippen molar-refractivity contribution in [2.45, 2.75) is 35.8 Å². The fourth-order valence-corrected chi connectivity index (χ4v) is 6.36. The van der Waals surface area contributed by atoms with Crippen LogP contribution < -0.4 is 16.4 Å². The number of alkyl halides is 3. The maximum Gasteiger partial charge on any atom is 0.490 e. The number of aromatic nitrogens is 4. The lowest BCUT2D eigenvalue weighted by Gasteiger charge is -2.18. The molecule has 0 aliphatic heterocycles. The van der Waals surface area contributed by atoms with Crippen LogP contribution in [0.5, 0.6) is 0 Å². The van der Waals surface area contributed by atoms with E-state index < -0.39 is 18.2 Å². The van der Waals surface area contributed by atoms with Crippen molar-refractivity contribution in [3.63, 3.8) is 0 Å². The molecule has 0 bridgehead atoms. The van der Waals surface area contributed by atoms with Gasteiger partial charge in [0.05, 0.1) is 11.6 Å². The summed E-state index contributed by atoms with van der Waals surface area (Å²) >= 11 is 14.7. The van der Waals surface area contributed by atoms with Gasteiger partial charge in [0, 0.05) is 33.2 Å². The number of imidazole rings is 1. The van der Waals surface area contributed by atoms with Gasteiger partial charge in [-0.2, -0.15) is 18.3 Å². The molecule has 0 unspecified atom stereocenters. The minimum Gasteiger partial charge on any atom is -0.475 e. The fraction of sp³-hybridized carbons (Fsp3) is 0.143. The summed E-state index contributed by atoms with van der Waals surface area (Å²) in [6, 6.07) is 30.7. The van der Waals surface area contributed by atoms with Crippen LogP contribution in [-0.4, -0.2) is 43.4 Å². The molecule has 16 heteroatoms. The molecule has 0 radical (unpaired) electrons. The van der Waals surface area contributed by atoms with Gasteiger partial charge in [0.2, 0.25) is 0 Å². The average Bonchev–Trinajstić information content (AvgIpc) is 3.69. The standard InChI is InChI=1S/C33H29Cl2N7OS.C2HF3O2/c34-24-12-14-28(44-19-21-9-5-2-6-10-21)23(16-24)18-37-33(43)38-27(15-20-7-3-1-4-8-20)32-39-29(30(35)40-32)22-11-13-25-26(17-22)41-42-31(25)36;3-2(4,5)1(6)7/h1-14,16-17,27H,15,18-19H2,(H,39,40)(H3,36,41,42)(H2,37,38,43);(H,6,7)/t27-;/m0./s1. The number of H-pyrrole nitrogens is 2. The number of aliphatic carboxylic acids is 1. The molecule has 2 heterocycles. The average molecular weight is 757 g/mol. The first-order valence-electron chi connectivity index (χ1n) is 15.2. The lowest BCUT2D eigenvalue weighted by Crippen LogP contribution is -2.38. The zero-order chi connectivity index (χ0) is 36.5. The highest BCUT2D eigenvalue weighted by Crippen LogP contribution is 2.32. The second-order valence-corrected chi connectivity index (χ2v) is 12.9. The minimum absolute atomic E-state index is 0.305. The van der Waals surface area contributed by atoms with Crippen molar-refractivity contribution in [3.05, 3.63) is 130 Å². The molecule has 0 fully saturated rings.